The Morgan fingerprint density at radius 1 is 1.45 bits per heavy atom. The molecule has 20 heavy (non-hydrogen) atoms. The highest BCUT2D eigenvalue weighted by molar-refractivity contribution is 5.99. The average molecular weight is 275 g/mol. The first-order chi connectivity index (χ1) is 9.40. The summed E-state index contributed by atoms with van der Waals surface area (Å²) in [7, 11) is 0. The third-order valence-electron chi connectivity index (χ3n) is 3.77. The molecule has 0 fully saturated rings. The molecule has 0 radical (unpaired) electrons. The van der Waals surface area contributed by atoms with Crippen LogP contribution in [-0.2, 0) is 4.79 Å². The van der Waals surface area contributed by atoms with Crippen LogP contribution in [0.25, 0.3) is 6.08 Å². The summed E-state index contributed by atoms with van der Waals surface area (Å²) in [6.07, 6.45) is 1.83. The maximum absolute atomic E-state index is 12.1. The van der Waals surface area contributed by atoms with E-state index in [4.69, 9.17) is 4.74 Å². The van der Waals surface area contributed by atoms with Gasteiger partial charge in [0.05, 0.1) is 11.2 Å². The molecule has 2 N–H and O–H groups in total. The fraction of sp³-hybridized carbons (Fsp3) is 0.438. The van der Waals surface area contributed by atoms with Gasteiger partial charge in [-0.05, 0) is 25.0 Å². The minimum Gasteiger partial charge on any atom is -0.488 e. The van der Waals surface area contributed by atoms with E-state index >= 15 is 0 Å². The lowest BCUT2D eigenvalue weighted by Gasteiger charge is -2.28. The van der Waals surface area contributed by atoms with Crippen molar-refractivity contribution in [2.24, 2.45) is 5.92 Å². The fourth-order valence-electron chi connectivity index (χ4n) is 1.82. The third-order valence-corrected chi connectivity index (χ3v) is 3.77. The molecule has 1 heterocycles. The van der Waals surface area contributed by atoms with Crippen LogP contribution in [-0.4, -0.2) is 29.8 Å². The first kappa shape index (κ1) is 14.6. The van der Waals surface area contributed by atoms with Gasteiger partial charge in [0, 0.05) is 12.1 Å². The SMILES string of the molecule is CC(C)C(C)(O)CNC(=O)C1=Cc2ccccc2OC1. The van der Waals surface area contributed by atoms with Crippen molar-refractivity contribution in [3.8, 4) is 5.75 Å². The second kappa shape index (κ2) is 5.67. The Bertz CT molecular complexity index is 532. The van der Waals surface area contributed by atoms with Crippen LogP contribution in [0, 0.1) is 5.92 Å². The lowest BCUT2D eigenvalue weighted by molar-refractivity contribution is -0.119. The van der Waals surface area contributed by atoms with Crippen molar-refractivity contribution in [3.63, 3.8) is 0 Å². The zero-order valence-corrected chi connectivity index (χ0v) is 12.1. The molecule has 1 atom stereocenters. The molecule has 4 nitrogen and oxygen atoms in total. The van der Waals surface area contributed by atoms with E-state index in [1.807, 2.05) is 44.2 Å². The topological polar surface area (TPSA) is 58.6 Å². The zero-order chi connectivity index (χ0) is 14.8. The van der Waals surface area contributed by atoms with E-state index in [1.165, 1.54) is 0 Å². The molecule has 1 aromatic rings. The van der Waals surface area contributed by atoms with Gasteiger partial charge in [-0.2, -0.15) is 0 Å². The number of carbonyl (C=O) groups excluding carboxylic acids is 1. The van der Waals surface area contributed by atoms with E-state index in [0.717, 1.165) is 11.3 Å². The predicted molar refractivity (Wildman–Crippen MR) is 78.4 cm³/mol. The average Bonchev–Trinajstić information content (AvgIpc) is 2.44. The highest BCUT2D eigenvalue weighted by Gasteiger charge is 2.26. The van der Waals surface area contributed by atoms with Crippen molar-refractivity contribution in [1.82, 2.24) is 5.32 Å². The van der Waals surface area contributed by atoms with Crippen LogP contribution < -0.4 is 10.1 Å². The summed E-state index contributed by atoms with van der Waals surface area (Å²) in [5, 5.41) is 12.9. The number of aliphatic hydroxyl groups is 1. The van der Waals surface area contributed by atoms with Gasteiger partial charge in [-0.3, -0.25) is 4.79 Å². The van der Waals surface area contributed by atoms with Crippen molar-refractivity contribution < 1.29 is 14.6 Å². The molecule has 0 aliphatic carbocycles. The van der Waals surface area contributed by atoms with E-state index < -0.39 is 5.60 Å². The van der Waals surface area contributed by atoms with Crippen molar-refractivity contribution in [2.75, 3.05) is 13.2 Å². The van der Waals surface area contributed by atoms with Gasteiger partial charge in [-0.25, -0.2) is 0 Å². The summed E-state index contributed by atoms with van der Waals surface area (Å²) in [6, 6.07) is 7.59. The van der Waals surface area contributed by atoms with Crippen molar-refractivity contribution >= 4 is 12.0 Å². The number of fused-ring (bicyclic) bond motifs is 1. The highest BCUT2D eigenvalue weighted by atomic mass is 16.5. The zero-order valence-electron chi connectivity index (χ0n) is 12.1. The largest absolute Gasteiger partial charge is 0.488 e. The Hall–Kier alpha value is -1.81. The fourth-order valence-corrected chi connectivity index (χ4v) is 1.82. The second-order valence-corrected chi connectivity index (χ2v) is 5.69. The molecular weight excluding hydrogens is 254 g/mol. The Morgan fingerprint density at radius 3 is 2.85 bits per heavy atom. The minimum atomic E-state index is -0.913. The molecule has 4 heteroatoms. The normalized spacial score (nSPS) is 16.8. The standard InChI is InChI=1S/C16H21NO3/c1-11(2)16(3,19)10-17-15(18)13-8-12-6-4-5-7-14(12)20-9-13/h4-8,11,19H,9-10H2,1-3H3,(H,17,18). The summed E-state index contributed by atoms with van der Waals surface area (Å²) in [4.78, 5) is 12.1. The maximum Gasteiger partial charge on any atom is 0.250 e. The molecule has 0 bridgehead atoms. The number of rotatable bonds is 4. The van der Waals surface area contributed by atoms with Crippen LogP contribution in [0.2, 0.25) is 0 Å². The Labute approximate surface area is 119 Å². The van der Waals surface area contributed by atoms with Crippen LogP contribution in [0.3, 0.4) is 0 Å². The first-order valence-electron chi connectivity index (χ1n) is 6.83. The van der Waals surface area contributed by atoms with Crippen LogP contribution in [0.4, 0.5) is 0 Å². The lowest BCUT2D eigenvalue weighted by Crippen LogP contribution is -2.45. The monoisotopic (exact) mass is 275 g/mol. The quantitative estimate of drug-likeness (QED) is 0.883. The Morgan fingerprint density at radius 2 is 2.15 bits per heavy atom. The summed E-state index contributed by atoms with van der Waals surface area (Å²) >= 11 is 0. The molecule has 0 spiro atoms. The van der Waals surface area contributed by atoms with E-state index in [-0.39, 0.29) is 25.0 Å². The number of hydrogen-bond donors (Lipinski definition) is 2. The van der Waals surface area contributed by atoms with Crippen LogP contribution >= 0.6 is 0 Å². The van der Waals surface area contributed by atoms with Gasteiger partial charge in [-0.15, -0.1) is 0 Å². The van der Waals surface area contributed by atoms with Crippen molar-refractivity contribution in [3.05, 3.63) is 35.4 Å². The molecule has 1 amide bonds. The van der Waals surface area contributed by atoms with Gasteiger partial charge < -0.3 is 15.2 Å². The number of carbonyl (C=O) groups is 1. The summed E-state index contributed by atoms with van der Waals surface area (Å²) in [5.74, 6) is 0.666. The molecular formula is C16H21NO3. The van der Waals surface area contributed by atoms with E-state index in [9.17, 15) is 9.90 Å². The molecule has 1 unspecified atom stereocenters. The third kappa shape index (κ3) is 3.20. The lowest BCUT2D eigenvalue weighted by atomic mass is 9.92. The number of benzene rings is 1. The van der Waals surface area contributed by atoms with Gasteiger partial charge >= 0.3 is 0 Å². The van der Waals surface area contributed by atoms with Gasteiger partial charge in [0.15, 0.2) is 0 Å². The summed E-state index contributed by atoms with van der Waals surface area (Å²) in [6.45, 7) is 6.05. The maximum atomic E-state index is 12.1. The second-order valence-electron chi connectivity index (χ2n) is 5.69. The highest BCUT2D eigenvalue weighted by Crippen LogP contribution is 2.25. The van der Waals surface area contributed by atoms with Crippen molar-refractivity contribution in [2.45, 2.75) is 26.4 Å². The van der Waals surface area contributed by atoms with Crippen LogP contribution in [0.15, 0.2) is 29.8 Å². The predicted octanol–water partition coefficient (Wildman–Crippen LogP) is 1.99. The van der Waals surface area contributed by atoms with Crippen LogP contribution in [0.1, 0.15) is 26.3 Å². The molecule has 1 aliphatic rings. The molecule has 108 valence electrons. The molecule has 1 aliphatic heterocycles. The number of para-hydroxylation sites is 1. The molecule has 0 saturated heterocycles. The number of nitrogens with one attached hydrogen (secondary N) is 1. The molecule has 0 aromatic heterocycles. The van der Waals surface area contributed by atoms with Gasteiger partial charge in [0.25, 0.3) is 5.91 Å². The summed E-state index contributed by atoms with van der Waals surface area (Å²) in [5.41, 5.74) is 0.562. The van der Waals surface area contributed by atoms with Gasteiger partial charge in [0.1, 0.15) is 12.4 Å². The van der Waals surface area contributed by atoms with E-state index in [1.54, 1.807) is 6.92 Å². The minimum absolute atomic E-state index is 0.0695. The molecule has 0 saturated carbocycles. The number of amides is 1. The smallest absolute Gasteiger partial charge is 0.250 e. The van der Waals surface area contributed by atoms with Crippen molar-refractivity contribution in [1.29, 1.82) is 0 Å². The van der Waals surface area contributed by atoms with Crippen LogP contribution in [0.5, 0.6) is 5.75 Å². The van der Waals surface area contributed by atoms with Gasteiger partial charge in [0.2, 0.25) is 0 Å². The molecule has 2 rings (SSSR count). The number of ether oxygens (including phenoxy) is 1. The van der Waals surface area contributed by atoms with Gasteiger partial charge in [-0.1, -0.05) is 32.0 Å². The van der Waals surface area contributed by atoms with E-state index in [0.29, 0.717) is 5.57 Å². The number of hydrogen-bond acceptors (Lipinski definition) is 3. The Kier molecular flexibility index (Phi) is 4.14. The summed E-state index contributed by atoms with van der Waals surface area (Å²) < 4.78 is 5.54. The first-order valence-corrected chi connectivity index (χ1v) is 6.83. The Balaban J connectivity index is 2.03. The molecule has 1 aromatic carbocycles. The van der Waals surface area contributed by atoms with E-state index in [2.05, 4.69) is 5.32 Å².